The molecule has 1 aliphatic rings. The fourth-order valence-electron chi connectivity index (χ4n) is 1.72. The van der Waals surface area contributed by atoms with E-state index in [1.807, 2.05) is 36.4 Å². The number of fused-ring (bicyclic) bond motifs is 2. The van der Waals surface area contributed by atoms with Gasteiger partial charge in [0.25, 0.3) is 0 Å². The van der Waals surface area contributed by atoms with Crippen LogP contribution < -0.4 is 5.06 Å². The number of nitrogens with zero attached hydrogens (tertiary/aromatic N) is 2. The number of aromatic nitrogens is 1. The van der Waals surface area contributed by atoms with Crippen molar-refractivity contribution in [3.8, 4) is 0 Å². The Morgan fingerprint density at radius 3 is 2.83 bits per heavy atom. The minimum Gasteiger partial charge on any atom is -0.319 e. The maximum Gasteiger partial charge on any atom is 0.428 e. The maximum absolute atomic E-state index is 11.0. The van der Waals surface area contributed by atoms with Crippen LogP contribution in [0.25, 0.3) is 0 Å². The minimum atomic E-state index is -0.895. The molecule has 18 heavy (non-hydrogen) atoms. The Kier molecular flexibility index (Phi) is 2.85. The molecule has 0 unspecified atom stereocenters. The molecule has 4 nitrogen and oxygen atoms in total. The average Bonchev–Trinajstić information content (AvgIpc) is 2.38. The van der Waals surface area contributed by atoms with Crippen LogP contribution in [0.1, 0.15) is 0 Å². The standard InChI is InChI=1S/C12H7ClN2O2S/c13-12(16)17-15-8-4-1-2-5-9(8)18-10-6-3-7-14-11(10)15/h1-7H. The normalized spacial score (nSPS) is 12.6. The second kappa shape index (κ2) is 4.51. The van der Waals surface area contributed by atoms with Crippen LogP contribution in [0.5, 0.6) is 0 Å². The van der Waals surface area contributed by atoms with E-state index in [1.165, 1.54) is 5.06 Å². The highest BCUT2D eigenvalue weighted by Gasteiger charge is 2.26. The summed E-state index contributed by atoms with van der Waals surface area (Å²) in [5, 5.41) is 1.36. The zero-order valence-electron chi connectivity index (χ0n) is 9.04. The van der Waals surface area contributed by atoms with Crippen molar-refractivity contribution in [1.29, 1.82) is 0 Å². The molecule has 2 aromatic rings. The minimum absolute atomic E-state index is 0.565. The monoisotopic (exact) mass is 278 g/mol. The van der Waals surface area contributed by atoms with Gasteiger partial charge in [-0.05, 0) is 24.3 Å². The van der Waals surface area contributed by atoms with Crippen molar-refractivity contribution in [3.05, 3.63) is 42.6 Å². The van der Waals surface area contributed by atoms with Crippen LogP contribution in [0.4, 0.5) is 16.3 Å². The van der Waals surface area contributed by atoms with E-state index in [0.717, 1.165) is 15.5 Å². The van der Waals surface area contributed by atoms with Crippen molar-refractivity contribution in [2.24, 2.45) is 0 Å². The molecule has 0 fully saturated rings. The predicted molar refractivity (Wildman–Crippen MR) is 69.3 cm³/mol. The molecular weight excluding hydrogens is 272 g/mol. The highest BCUT2D eigenvalue weighted by Crippen LogP contribution is 2.46. The number of hydrogen-bond donors (Lipinski definition) is 0. The van der Waals surface area contributed by atoms with Crippen molar-refractivity contribution in [2.45, 2.75) is 9.79 Å². The van der Waals surface area contributed by atoms with Crippen LogP contribution in [0.3, 0.4) is 0 Å². The topological polar surface area (TPSA) is 42.4 Å². The Balaban J connectivity index is 2.14. The summed E-state index contributed by atoms with van der Waals surface area (Å²) in [6.07, 6.45) is 1.64. The summed E-state index contributed by atoms with van der Waals surface area (Å²) in [6, 6.07) is 11.3. The fraction of sp³-hybridized carbons (Fsp3) is 0. The number of hydrogen-bond acceptors (Lipinski definition) is 5. The van der Waals surface area contributed by atoms with Gasteiger partial charge in [-0.25, -0.2) is 9.78 Å². The zero-order valence-corrected chi connectivity index (χ0v) is 10.6. The molecule has 2 heterocycles. The number of anilines is 2. The first-order valence-corrected chi connectivity index (χ1v) is 6.34. The van der Waals surface area contributed by atoms with Crippen LogP contribution in [0.15, 0.2) is 52.4 Å². The van der Waals surface area contributed by atoms with E-state index >= 15 is 0 Å². The summed E-state index contributed by atoms with van der Waals surface area (Å²) in [5.74, 6) is 0.565. The molecule has 0 saturated heterocycles. The van der Waals surface area contributed by atoms with Gasteiger partial charge in [0, 0.05) is 22.7 Å². The second-order valence-corrected chi connectivity index (χ2v) is 4.91. The van der Waals surface area contributed by atoms with Crippen molar-refractivity contribution in [1.82, 2.24) is 4.98 Å². The van der Waals surface area contributed by atoms with Crippen molar-refractivity contribution in [2.75, 3.05) is 5.06 Å². The van der Waals surface area contributed by atoms with Gasteiger partial charge in [-0.1, -0.05) is 23.9 Å². The smallest absolute Gasteiger partial charge is 0.319 e. The third-order valence-corrected chi connectivity index (χ3v) is 3.58. The van der Waals surface area contributed by atoms with Gasteiger partial charge in [0.15, 0.2) is 5.82 Å². The Morgan fingerprint density at radius 1 is 1.22 bits per heavy atom. The summed E-state index contributed by atoms with van der Waals surface area (Å²) in [6.45, 7) is 0. The van der Waals surface area contributed by atoms with Crippen LogP contribution in [0, 0.1) is 0 Å². The molecule has 3 rings (SSSR count). The maximum atomic E-state index is 11.0. The van der Waals surface area contributed by atoms with E-state index in [2.05, 4.69) is 4.98 Å². The number of carbonyl (C=O) groups excluding carboxylic acids is 1. The van der Waals surface area contributed by atoms with Gasteiger partial charge in [-0.2, -0.15) is 5.06 Å². The van der Waals surface area contributed by atoms with Gasteiger partial charge < -0.3 is 4.84 Å². The van der Waals surface area contributed by atoms with E-state index in [0.29, 0.717) is 5.82 Å². The highest BCUT2D eigenvalue weighted by molar-refractivity contribution is 7.99. The molecule has 6 heteroatoms. The van der Waals surface area contributed by atoms with E-state index in [1.54, 1.807) is 18.0 Å². The number of benzene rings is 1. The molecule has 0 saturated carbocycles. The number of para-hydroxylation sites is 1. The van der Waals surface area contributed by atoms with E-state index in [4.69, 9.17) is 16.4 Å². The summed E-state index contributed by atoms with van der Waals surface area (Å²) >= 11 is 6.88. The van der Waals surface area contributed by atoms with Crippen molar-refractivity contribution in [3.63, 3.8) is 0 Å². The molecule has 1 aromatic heterocycles. The van der Waals surface area contributed by atoms with Gasteiger partial charge in [0.05, 0.1) is 10.6 Å². The second-order valence-electron chi connectivity index (χ2n) is 3.52. The van der Waals surface area contributed by atoms with Gasteiger partial charge in [-0.15, -0.1) is 0 Å². The summed E-state index contributed by atoms with van der Waals surface area (Å²) in [5.41, 5.74) is -0.143. The van der Waals surface area contributed by atoms with Crippen molar-refractivity contribution >= 4 is 40.3 Å². The lowest BCUT2D eigenvalue weighted by molar-refractivity contribution is 0.172. The van der Waals surface area contributed by atoms with E-state index < -0.39 is 5.43 Å². The van der Waals surface area contributed by atoms with Gasteiger partial charge in [0.1, 0.15) is 0 Å². The van der Waals surface area contributed by atoms with Crippen LogP contribution in [-0.4, -0.2) is 10.4 Å². The number of pyridine rings is 1. The first-order valence-electron chi connectivity index (χ1n) is 5.15. The third kappa shape index (κ3) is 1.91. The zero-order chi connectivity index (χ0) is 12.5. The lowest BCUT2D eigenvalue weighted by atomic mass is 10.3. The summed E-state index contributed by atoms with van der Waals surface area (Å²) in [4.78, 5) is 22.1. The SMILES string of the molecule is O=C(Cl)ON1c2ccccc2Sc2cccnc21. The van der Waals surface area contributed by atoms with Crippen molar-refractivity contribution < 1.29 is 9.63 Å². The van der Waals surface area contributed by atoms with Crippen LogP contribution in [0.2, 0.25) is 0 Å². The largest absolute Gasteiger partial charge is 0.428 e. The molecule has 0 radical (unpaired) electrons. The first kappa shape index (κ1) is 11.4. The molecule has 0 N–H and O–H groups in total. The molecule has 0 atom stereocenters. The lowest BCUT2D eigenvalue weighted by Crippen LogP contribution is -2.23. The average molecular weight is 279 g/mol. The predicted octanol–water partition coefficient (Wildman–Crippen LogP) is 3.97. The molecule has 0 amide bonds. The van der Waals surface area contributed by atoms with Gasteiger partial charge in [0.2, 0.25) is 0 Å². The lowest BCUT2D eigenvalue weighted by Gasteiger charge is -2.28. The quantitative estimate of drug-likeness (QED) is 0.738. The fourth-order valence-corrected chi connectivity index (χ4v) is 2.80. The molecule has 1 aromatic carbocycles. The highest BCUT2D eigenvalue weighted by atomic mass is 35.5. The number of rotatable bonds is 1. The van der Waals surface area contributed by atoms with Crippen LogP contribution >= 0.6 is 23.4 Å². The van der Waals surface area contributed by atoms with Crippen LogP contribution in [-0.2, 0) is 4.84 Å². The van der Waals surface area contributed by atoms with E-state index in [9.17, 15) is 4.79 Å². The molecule has 90 valence electrons. The first-order chi connectivity index (χ1) is 8.75. The molecule has 0 bridgehead atoms. The molecule has 1 aliphatic heterocycles. The molecule has 0 aliphatic carbocycles. The number of halogens is 1. The Labute approximate surface area is 112 Å². The third-order valence-electron chi connectivity index (χ3n) is 2.41. The number of carbonyl (C=O) groups is 1. The Morgan fingerprint density at radius 2 is 2.00 bits per heavy atom. The Hall–Kier alpha value is -1.72. The van der Waals surface area contributed by atoms with Gasteiger partial charge in [-0.3, -0.25) is 0 Å². The summed E-state index contributed by atoms with van der Waals surface area (Å²) < 4.78 is 0. The molecular formula is C12H7ClN2O2S. The summed E-state index contributed by atoms with van der Waals surface area (Å²) in [7, 11) is 0. The molecule has 0 spiro atoms. The van der Waals surface area contributed by atoms with Gasteiger partial charge >= 0.3 is 5.43 Å². The van der Waals surface area contributed by atoms with E-state index in [-0.39, 0.29) is 0 Å². The Bertz CT molecular complexity index is 575.